The monoisotopic (exact) mass is 271 g/mol. The first-order valence-corrected chi connectivity index (χ1v) is 6.97. The first-order valence-electron chi connectivity index (χ1n) is 6.97. The van der Waals surface area contributed by atoms with Gasteiger partial charge < -0.3 is 5.32 Å². The van der Waals surface area contributed by atoms with Gasteiger partial charge in [0.15, 0.2) is 0 Å². The Bertz CT molecular complexity index is 560. The first kappa shape index (κ1) is 14.3. The third kappa shape index (κ3) is 4.23. The Morgan fingerprint density at radius 1 is 1.25 bits per heavy atom. The maximum atomic E-state index is 11.8. The molecule has 0 radical (unpaired) electrons. The lowest BCUT2D eigenvalue weighted by molar-refractivity contribution is -0.121. The summed E-state index contributed by atoms with van der Waals surface area (Å²) in [4.78, 5) is 11.8. The molecule has 1 aromatic carbocycles. The molecule has 0 fully saturated rings. The van der Waals surface area contributed by atoms with Gasteiger partial charge in [0.25, 0.3) is 0 Å². The maximum absolute atomic E-state index is 11.8. The highest BCUT2D eigenvalue weighted by Crippen LogP contribution is 2.02. The lowest BCUT2D eigenvalue weighted by atomic mass is 10.1. The minimum absolute atomic E-state index is 0.0929. The Balaban J connectivity index is 1.69. The lowest BCUT2D eigenvalue weighted by Crippen LogP contribution is -2.27. The summed E-state index contributed by atoms with van der Waals surface area (Å²) >= 11 is 0. The average molecular weight is 271 g/mol. The van der Waals surface area contributed by atoms with Crippen molar-refractivity contribution in [1.29, 1.82) is 0 Å². The van der Waals surface area contributed by atoms with Gasteiger partial charge in [0.1, 0.15) is 0 Å². The molecule has 0 bridgehead atoms. The summed E-state index contributed by atoms with van der Waals surface area (Å²) in [6.45, 7) is 5.34. The molecule has 0 aliphatic heterocycles. The standard InChI is InChI=1S/C16H21N3O/c1-13-12-14(2)19(18-13)11-10-17-16(20)9-8-15-6-4-3-5-7-15/h3-7,12H,8-11H2,1-2H3,(H,17,20). The molecule has 2 aromatic rings. The van der Waals surface area contributed by atoms with Gasteiger partial charge in [-0.15, -0.1) is 0 Å². The Morgan fingerprint density at radius 3 is 2.65 bits per heavy atom. The molecule has 0 saturated carbocycles. The molecule has 4 nitrogen and oxygen atoms in total. The van der Waals surface area contributed by atoms with Gasteiger partial charge in [-0.2, -0.15) is 5.10 Å². The van der Waals surface area contributed by atoms with Gasteiger partial charge in [-0.1, -0.05) is 30.3 Å². The molecular formula is C16H21N3O. The topological polar surface area (TPSA) is 46.9 Å². The largest absolute Gasteiger partial charge is 0.354 e. The molecule has 106 valence electrons. The molecule has 2 rings (SSSR count). The Morgan fingerprint density at radius 2 is 2.00 bits per heavy atom. The van der Waals surface area contributed by atoms with Gasteiger partial charge in [-0.3, -0.25) is 9.48 Å². The number of hydrogen-bond donors (Lipinski definition) is 1. The van der Waals surface area contributed by atoms with Gasteiger partial charge in [0, 0.05) is 18.7 Å². The van der Waals surface area contributed by atoms with E-state index in [1.54, 1.807) is 0 Å². The quantitative estimate of drug-likeness (QED) is 0.876. The average Bonchev–Trinajstić information content (AvgIpc) is 2.76. The van der Waals surface area contributed by atoms with E-state index in [0.717, 1.165) is 24.4 Å². The van der Waals surface area contributed by atoms with E-state index in [1.165, 1.54) is 5.56 Å². The van der Waals surface area contributed by atoms with Crippen molar-refractivity contribution in [3.63, 3.8) is 0 Å². The zero-order valence-electron chi connectivity index (χ0n) is 12.1. The normalized spacial score (nSPS) is 10.5. The summed E-state index contributed by atoms with van der Waals surface area (Å²) in [6, 6.07) is 12.1. The van der Waals surface area contributed by atoms with Crippen LogP contribution in [0.3, 0.4) is 0 Å². The molecule has 0 aliphatic carbocycles. The fraction of sp³-hybridized carbons (Fsp3) is 0.375. The molecule has 0 aliphatic rings. The fourth-order valence-electron chi connectivity index (χ4n) is 2.19. The lowest BCUT2D eigenvalue weighted by Gasteiger charge is -2.07. The number of rotatable bonds is 6. The van der Waals surface area contributed by atoms with Crippen LogP contribution < -0.4 is 5.32 Å². The van der Waals surface area contributed by atoms with Crippen molar-refractivity contribution < 1.29 is 4.79 Å². The predicted molar refractivity (Wildman–Crippen MR) is 79.5 cm³/mol. The van der Waals surface area contributed by atoms with E-state index in [-0.39, 0.29) is 5.91 Å². The van der Waals surface area contributed by atoms with Gasteiger partial charge in [-0.25, -0.2) is 0 Å². The van der Waals surface area contributed by atoms with Crippen LogP contribution in [0.2, 0.25) is 0 Å². The first-order chi connectivity index (χ1) is 9.65. The number of carbonyl (C=O) groups excluding carboxylic acids is 1. The third-order valence-corrected chi connectivity index (χ3v) is 3.23. The van der Waals surface area contributed by atoms with Crippen LogP contribution in [0.15, 0.2) is 36.4 Å². The number of aromatic nitrogens is 2. The SMILES string of the molecule is Cc1cc(C)n(CCNC(=O)CCc2ccccc2)n1. The molecule has 20 heavy (non-hydrogen) atoms. The fourth-order valence-corrected chi connectivity index (χ4v) is 2.19. The summed E-state index contributed by atoms with van der Waals surface area (Å²) in [7, 11) is 0. The molecule has 0 unspecified atom stereocenters. The second-order valence-corrected chi connectivity index (χ2v) is 4.99. The Hall–Kier alpha value is -2.10. The van der Waals surface area contributed by atoms with E-state index in [2.05, 4.69) is 10.4 Å². The van der Waals surface area contributed by atoms with Crippen LogP contribution in [0.5, 0.6) is 0 Å². The van der Waals surface area contributed by atoms with Crippen molar-refractivity contribution in [2.45, 2.75) is 33.2 Å². The Labute approximate surface area is 119 Å². The number of nitrogens with zero attached hydrogens (tertiary/aromatic N) is 2. The molecule has 1 aromatic heterocycles. The van der Waals surface area contributed by atoms with E-state index in [9.17, 15) is 4.79 Å². The van der Waals surface area contributed by atoms with Crippen molar-refractivity contribution in [3.8, 4) is 0 Å². The van der Waals surface area contributed by atoms with Crippen LogP contribution in [-0.4, -0.2) is 22.2 Å². The van der Waals surface area contributed by atoms with Crippen molar-refractivity contribution in [3.05, 3.63) is 53.3 Å². The minimum atomic E-state index is 0.0929. The number of carbonyl (C=O) groups is 1. The molecule has 1 heterocycles. The summed E-state index contributed by atoms with van der Waals surface area (Å²) in [6.07, 6.45) is 1.31. The van der Waals surface area contributed by atoms with E-state index in [4.69, 9.17) is 0 Å². The van der Waals surface area contributed by atoms with Crippen LogP contribution in [0.1, 0.15) is 23.4 Å². The van der Waals surface area contributed by atoms with E-state index < -0.39 is 0 Å². The molecule has 0 atom stereocenters. The molecule has 0 spiro atoms. The van der Waals surface area contributed by atoms with Crippen LogP contribution in [0, 0.1) is 13.8 Å². The van der Waals surface area contributed by atoms with E-state index >= 15 is 0 Å². The number of amides is 1. The number of benzene rings is 1. The predicted octanol–water partition coefficient (Wildman–Crippen LogP) is 2.25. The summed E-state index contributed by atoms with van der Waals surface area (Å²) < 4.78 is 1.92. The zero-order chi connectivity index (χ0) is 14.4. The smallest absolute Gasteiger partial charge is 0.220 e. The molecule has 1 amide bonds. The highest BCUT2D eigenvalue weighted by molar-refractivity contribution is 5.76. The second kappa shape index (κ2) is 6.89. The van der Waals surface area contributed by atoms with Gasteiger partial charge in [-0.05, 0) is 31.9 Å². The third-order valence-electron chi connectivity index (χ3n) is 3.23. The molecular weight excluding hydrogens is 250 g/mol. The summed E-state index contributed by atoms with van der Waals surface area (Å²) in [5.74, 6) is 0.0929. The van der Waals surface area contributed by atoms with Gasteiger partial charge in [0.05, 0.1) is 12.2 Å². The van der Waals surface area contributed by atoms with Gasteiger partial charge in [0.2, 0.25) is 5.91 Å². The highest BCUT2D eigenvalue weighted by atomic mass is 16.1. The molecule has 0 saturated heterocycles. The Kier molecular flexibility index (Phi) is 4.93. The van der Waals surface area contributed by atoms with Crippen LogP contribution in [0.25, 0.3) is 0 Å². The maximum Gasteiger partial charge on any atom is 0.220 e. The van der Waals surface area contributed by atoms with E-state index in [1.807, 2.05) is 54.9 Å². The van der Waals surface area contributed by atoms with Crippen molar-refractivity contribution in [2.75, 3.05) is 6.54 Å². The van der Waals surface area contributed by atoms with E-state index in [0.29, 0.717) is 13.0 Å². The number of aryl methyl sites for hydroxylation is 3. The van der Waals surface area contributed by atoms with Crippen molar-refractivity contribution >= 4 is 5.91 Å². The number of hydrogen-bond acceptors (Lipinski definition) is 2. The highest BCUT2D eigenvalue weighted by Gasteiger charge is 2.03. The zero-order valence-corrected chi connectivity index (χ0v) is 12.1. The minimum Gasteiger partial charge on any atom is -0.354 e. The number of nitrogens with one attached hydrogen (secondary N) is 1. The summed E-state index contributed by atoms with van der Waals surface area (Å²) in [5, 5.41) is 7.30. The molecule has 4 heteroatoms. The van der Waals surface area contributed by atoms with Crippen molar-refractivity contribution in [1.82, 2.24) is 15.1 Å². The summed E-state index contributed by atoms with van der Waals surface area (Å²) in [5.41, 5.74) is 3.33. The van der Waals surface area contributed by atoms with Crippen molar-refractivity contribution in [2.24, 2.45) is 0 Å². The van der Waals surface area contributed by atoms with Crippen LogP contribution >= 0.6 is 0 Å². The van der Waals surface area contributed by atoms with Gasteiger partial charge >= 0.3 is 0 Å². The van der Waals surface area contributed by atoms with Crippen LogP contribution in [-0.2, 0) is 17.8 Å². The second-order valence-electron chi connectivity index (χ2n) is 4.99. The molecule has 1 N–H and O–H groups in total. The van der Waals surface area contributed by atoms with Crippen LogP contribution in [0.4, 0.5) is 0 Å².